The number of amides is 1. The van der Waals surface area contributed by atoms with Crippen LogP contribution in [-0.4, -0.2) is 42.0 Å². The van der Waals surface area contributed by atoms with Crippen LogP contribution in [0, 0.1) is 6.92 Å². The monoisotopic (exact) mass is 334 g/mol. The van der Waals surface area contributed by atoms with Crippen molar-refractivity contribution >= 4 is 23.2 Å². The molecule has 7 heteroatoms. The zero-order chi connectivity index (χ0) is 16.4. The Kier molecular flexibility index (Phi) is 4.47. The number of nitrogens with zero attached hydrogens (tertiary/aromatic N) is 2. The molecule has 0 aliphatic carbocycles. The van der Waals surface area contributed by atoms with Gasteiger partial charge in [-0.15, -0.1) is 11.3 Å². The van der Waals surface area contributed by atoms with Crippen LogP contribution in [0.5, 0.6) is 0 Å². The highest BCUT2D eigenvalue weighted by Crippen LogP contribution is 2.30. The van der Waals surface area contributed by atoms with Crippen LogP contribution in [0.1, 0.15) is 50.4 Å². The second-order valence-electron chi connectivity index (χ2n) is 5.58. The lowest BCUT2D eigenvalue weighted by molar-refractivity contribution is 0.0599. The first-order valence-corrected chi connectivity index (χ1v) is 8.34. The minimum absolute atomic E-state index is 0.175. The largest absolute Gasteiger partial charge is 0.465 e. The summed E-state index contributed by atoms with van der Waals surface area (Å²) in [5.74, 6) is -0.103. The third-order valence-corrected chi connectivity index (χ3v) is 5.12. The maximum atomic E-state index is 12.4. The van der Waals surface area contributed by atoms with Gasteiger partial charge in [-0.3, -0.25) is 4.79 Å². The molecule has 3 rings (SSSR count). The summed E-state index contributed by atoms with van der Waals surface area (Å²) in [4.78, 5) is 30.2. The van der Waals surface area contributed by atoms with E-state index >= 15 is 0 Å². The molecule has 1 aliphatic heterocycles. The van der Waals surface area contributed by atoms with Gasteiger partial charge in [-0.2, -0.15) is 0 Å². The molecule has 6 nitrogen and oxygen atoms in total. The molecule has 0 unspecified atom stereocenters. The lowest BCUT2D eigenvalue weighted by Gasteiger charge is -2.30. The number of likely N-dealkylation sites (tertiary alicyclic amines) is 1. The van der Waals surface area contributed by atoms with Crippen molar-refractivity contribution in [2.75, 3.05) is 20.2 Å². The number of aromatic nitrogens is 1. The summed E-state index contributed by atoms with van der Waals surface area (Å²) in [7, 11) is 1.29. The normalized spacial score (nSPS) is 15.7. The van der Waals surface area contributed by atoms with Gasteiger partial charge in [0, 0.05) is 36.1 Å². The van der Waals surface area contributed by atoms with E-state index in [-0.39, 0.29) is 17.2 Å². The van der Waals surface area contributed by atoms with E-state index in [0.29, 0.717) is 19.0 Å². The average molecular weight is 334 g/mol. The van der Waals surface area contributed by atoms with Gasteiger partial charge in [-0.25, -0.2) is 9.78 Å². The maximum Gasteiger partial charge on any atom is 0.341 e. The van der Waals surface area contributed by atoms with Crippen LogP contribution >= 0.6 is 11.3 Å². The third kappa shape index (κ3) is 3.29. The Morgan fingerprint density at radius 2 is 2.13 bits per heavy atom. The number of methoxy groups -OCH3 is 1. The van der Waals surface area contributed by atoms with Crippen molar-refractivity contribution in [3.05, 3.63) is 39.7 Å². The van der Waals surface area contributed by atoms with E-state index in [0.717, 1.165) is 23.5 Å². The quantitative estimate of drug-likeness (QED) is 0.807. The minimum Gasteiger partial charge on any atom is -0.465 e. The second-order valence-corrected chi connectivity index (χ2v) is 6.47. The smallest absolute Gasteiger partial charge is 0.341 e. The summed E-state index contributed by atoms with van der Waals surface area (Å²) >= 11 is 1.69. The van der Waals surface area contributed by atoms with Gasteiger partial charge in [0.25, 0.3) is 5.91 Å². The molecule has 0 aromatic carbocycles. The number of ether oxygens (including phenoxy) is 1. The van der Waals surface area contributed by atoms with Gasteiger partial charge in [-0.1, -0.05) is 0 Å². The molecular formula is C16H18N2O4S. The number of hydrogen-bond donors (Lipinski definition) is 0. The fraction of sp³-hybridized carbons (Fsp3) is 0.438. The highest BCUT2D eigenvalue weighted by molar-refractivity contribution is 7.09. The van der Waals surface area contributed by atoms with Gasteiger partial charge in [0.15, 0.2) is 5.76 Å². The van der Waals surface area contributed by atoms with Crippen LogP contribution in [-0.2, 0) is 4.74 Å². The summed E-state index contributed by atoms with van der Waals surface area (Å²) < 4.78 is 9.83. The second kappa shape index (κ2) is 6.54. The summed E-state index contributed by atoms with van der Waals surface area (Å²) in [6.45, 7) is 3.32. The van der Waals surface area contributed by atoms with Crippen molar-refractivity contribution < 1.29 is 18.7 Å². The molecule has 1 saturated heterocycles. The molecule has 122 valence electrons. The van der Waals surface area contributed by atoms with Crippen molar-refractivity contribution in [1.29, 1.82) is 0 Å². The van der Waals surface area contributed by atoms with Crippen LogP contribution < -0.4 is 0 Å². The van der Waals surface area contributed by atoms with Gasteiger partial charge in [0.2, 0.25) is 0 Å². The molecule has 0 N–H and O–H groups in total. The number of thiazole rings is 1. The number of esters is 1. The number of furan rings is 1. The average Bonchev–Trinajstić information content (AvgIpc) is 3.23. The van der Waals surface area contributed by atoms with Crippen molar-refractivity contribution in [3.63, 3.8) is 0 Å². The molecule has 0 saturated carbocycles. The summed E-state index contributed by atoms with van der Waals surface area (Å²) in [6.07, 6.45) is 3.04. The molecule has 1 fully saturated rings. The SMILES string of the molecule is COC(=O)c1coc(C(=O)N2CCC(c3nc(C)cs3)CC2)c1. The number of piperidine rings is 1. The van der Waals surface area contributed by atoms with Gasteiger partial charge in [-0.05, 0) is 19.8 Å². The topological polar surface area (TPSA) is 72.6 Å². The van der Waals surface area contributed by atoms with Crippen molar-refractivity contribution in [3.8, 4) is 0 Å². The first kappa shape index (κ1) is 15.7. The van der Waals surface area contributed by atoms with Gasteiger partial charge < -0.3 is 14.1 Å². The Morgan fingerprint density at radius 3 is 2.74 bits per heavy atom. The lowest BCUT2D eigenvalue weighted by Crippen LogP contribution is -2.37. The molecule has 0 bridgehead atoms. The molecule has 2 aromatic rings. The van der Waals surface area contributed by atoms with E-state index in [2.05, 4.69) is 15.1 Å². The van der Waals surface area contributed by atoms with Crippen LogP contribution in [0.2, 0.25) is 0 Å². The number of hydrogen-bond acceptors (Lipinski definition) is 6. The Hall–Kier alpha value is -2.15. The number of carbonyl (C=O) groups is 2. The van der Waals surface area contributed by atoms with Crippen LogP contribution in [0.15, 0.2) is 22.1 Å². The van der Waals surface area contributed by atoms with Crippen molar-refractivity contribution in [1.82, 2.24) is 9.88 Å². The lowest BCUT2D eigenvalue weighted by atomic mass is 9.97. The van der Waals surface area contributed by atoms with E-state index in [1.165, 1.54) is 19.4 Å². The molecular weight excluding hydrogens is 316 g/mol. The maximum absolute atomic E-state index is 12.4. The van der Waals surface area contributed by atoms with E-state index in [1.54, 1.807) is 16.2 Å². The van der Waals surface area contributed by atoms with Gasteiger partial charge >= 0.3 is 5.97 Å². The molecule has 0 spiro atoms. The Balaban J connectivity index is 1.62. The minimum atomic E-state index is -0.509. The fourth-order valence-electron chi connectivity index (χ4n) is 2.72. The van der Waals surface area contributed by atoms with E-state index in [4.69, 9.17) is 4.42 Å². The third-order valence-electron chi connectivity index (χ3n) is 4.00. The molecule has 2 aromatic heterocycles. The standard InChI is InChI=1S/C16H18N2O4S/c1-10-9-23-14(17-10)11-3-5-18(6-4-11)15(19)13-7-12(8-22-13)16(20)21-2/h7-9,11H,3-6H2,1-2H3. The zero-order valence-electron chi connectivity index (χ0n) is 13.1. The van der Waals surface area contributed by atoms with Crippen molar-refractivity contribution in [2.24, 2.45) is 0 Å². The Labute approximate surface area is 138 Å². The highest BCUT2D eigenvalue weighted by Gasteiger charge is 2.28. The Morgan fingerprint density at radius 1 is 1.39 bits per heavy atom. The predicted octanol–water partition coefficient (Wildman–Crippen LogP) is 2.85. The molecule has 0 atom stereocenters. The van der Waals surface area contributed by atoms with Gasteiger partial charge in [0.05, 0.1) is 17.7 Å². The molecule has 0 radical (unpaired) electrons. The molecule has 1 amide bonds. The van der Waals surface area contributed by atoms with Crippen molar-refractivity contribution in [2.45, 2.75) is 25.7 Å². The summed E-state index contributed by atoms with van der Waals surface area (Å²) in [6, 6.07) is 1.43. The predicted molar refractivity (Wildman–Crippen MR) is 84.8 cm³/mol. The van der Waals surface area contributed by atoms with E-state index < -0.39 is 5.97 Å². The summed E-state index contributed by atoms with van der Waals surface area (Å²) in [5, 5.41) is 3.21. The van der Waals surface area contributed by atoms with Crippen LogP contribution in [0.25, 0.3) is 0 Å². The summed E-state index contributed by atoms with van der Waals surface area (Å²) in [5.41, 5.74) is 1.30. The van der Waals surface area contributed by atoms with Crippen LogP contribution in [0.3, 0.4) is 0 Å². The van der Waals surface area contributed by atoms with Gasteiger partial charge in [0.1, 0.15) is 6.26 Å². The zero-order valence-corrected chi connectivity index (χ0v) is 13.9. The molecule has 23 heavy (non-hydrogen) atoms. The molecule has 3 heterocycles. The fourth-order valence-corrected chi connectivity index (χ4v) is 3.69. The Bertz CT molecular complexity index is 713. The number of carbonyl (C=O) groups excluding carboxylic acids is 2. The number of aryl methyl sites for hydroxylation is 1. The molecule has 1 aliphatic rings. The number of rotatable bonds is 3. The van der Waals surface area contributed by atoms with E-state index in [9.17, 15) is 9.59 Å². The highest BCUT2D eigenvalue weighted by atomic mass is 32.1. The first-order chi connectivity index (χ1) is 11.1. The van der Waals surface area contributed by atoms with E-state index in [1.807, 2.05) is 6.92 Å². The van der Waals surface area contributed by atoms with Crippen LogP contribution in [0.4, 0.5) is 0 Å². The first-order valence-electron chi connectivity index (χ1n) is 7.46.